The molecule has 0 saturated carbocycles. The van der Waals surface area contributed by atoms with E-state index in [1.54, 1.807) is 18.6 Å². The Hall–Kier alpha value is -3.29. The summed E-state index contributed by atoms with van der Waals surface area (Å²) >= 11 is 0. The van der Waals surface area contributed by atoms with Gasteiger partial charge in [-0.1, -0.05) is 5.16 Å². The Morgan fingerprint density at radius 2 is 2.04 bits per heavy atom. The first-order valence-electron chi connectivity index (χ1n) is 8.39. The lowest BCUT2D eigenvalue weighted by Gasteiger charge is -2.31. The van der Waals surface area contributed by atoms with Crippen LogP contribution in [0.5, 0.6) is 0 Å². The number of carbonyl (C=O) groups is 1. The van der Waals surface area contributed by atoms with Gasteiger partial charge in [-0.15, -0.1) is 0 Å². The van der Waals surface area contributed by atoms with Crippen LogP contribution in [-0.2, 0) is 4.79 Å². The second-order valence-corrected chi connectivity index (χ2v) is 6.17. The highest BCUT2D eigenvalue weighted by atomic mass is 16.5. The average Bonchev–Trinajstić information content (AvgIpc) is 3.19. The van der Waals surface area contributed by atoms with Crippen LogP contribution in [0.4, 0.5) is 5.82 Å². The molecule has 26 heavy (non-hydrogen) atoms. The summed E-state index contributed by atoms with van der Waals surface area (Å²) in [6.07, 6.45) is 6.30. The molecule has 1 aliphatic rings. The van der Waals surface area contributed by atoms with Gasteiger partial charge >= 0.3 is 5.97 Å². The van der Waals surface area contributed by atoms with Gasteiger partial charge in [0.05, 0.1) is 5.92 Å². The van der Waals surface area contributed by atoms with E-state index in [9.17, 15) is 4.79 Å². The minimum absolute atomic E-state index is 0.271. The number of piperidine rings is 1. The van der Waals surface area contributed by atoms with Crippen molar-refractivity contribution in [1.29, 1.82) is 0 Å². The van der Waals surface area contributed by atoms with Gasteiger partial charge in [-0.05, 0) is 37.1 Å². The fraction of sp³-hybridized carbons (Fsp3) is 0.278. The van der Waals surface area contributed by atoms with Crippen LogP contribution in [0.15, 0.2) is 47.4 Å². The molecule has 3 aromatic rings. The number of anilines is 1. The Bertz CT molecular complexity index is 904. The lowest BCUT2D eigenvalue weighted by atomic mass is 9.97. The van der Waals surface area contributed by atoms with Crippen LogP contribution < -0.4 is 4.90 Å². The van der Waals surface area contributed by atoms with Gasteiger partial charge in [0.2, 0.25) is 5.82 Å². The third-order valence-electron chi connectivity index (χ3n) is 4.51. The van der Waals surface area contributed by atoms with E-state index in [0.717, 1.165) is 16.9 Å². The Morgan fingerprint density at radius 3 is 2.77 bits per heavy atom. The molecule has 3 aromatic heterocycles. The van der Waals surface area contributed by atoms with Crippen molar-refractivity contribution in [2.45, 2.75) is 12.8 Å². The van der Waals surface area contributed by atoms with Crippen LogP contribution >= 0.6 is 0 Å². The van der Waals surface area contributed by atoms with Gasteiger partial charge in [-0.3, -0.25) is 9.78 Å². The van der Waals surface area contributed by atoms with Crippen LogP contribution in [0.25, 0.3) is 22.8 Å². The predicted molar refractivity (Wildman–Crippen MR) is 93.3 cm³/mol. The van der Waals surface area contributed by atoms with Crippen LogP contribution in [0.1, 0.15) is 12.8 Å². The second-order valence-electron chi connectivity index (χ2n) is 6.17. The van der Waals surface area contributed by atoms with Crippen molar-refractivity contribution in [3.05, 3.63) is 42.9 Å². The highest BCUT2D eigenvalue weighted by molar-refractivity contribution is 5.70. The molecular weight excluding hydrogens is 334 g/mol. The normalized spacial score (nSPS) is 15.2. The summed E-state index contributed by atoms with van der Waals surface area (Å²) in [4.78, 5) is 26.1. The highest BCUT2D eigenvalue weighted by Crippen LogP contribution is 2.27. The summed E-state index contributed by atoms with van der Waals surface area (Å²) in [6.45, 7) is 1.33. The van der Waals surface area contributed by atoms with Crippen molar-refractivity contribution in [3.8, 4) is 22.8 Å². The van der Waals surface area contributed by atoms with E-state index >= 15 is 0 Å². The SMILES string of the molecule is O=C(O)C1CCN(c2cc(-c3nc(-c4cccnc4)no3)ccn2)CC1. The Morgan fingerprint density at radius 1 is 1.19 bits per heavy atom. The lowest BCUT2D eigenvalue weighted by Crippen LogP contribution is -2.36. The summed E-state index contributed by atoms with van der Waals surface area (Å²) in [6, 6.07) is 7.39. The molecular formula is C18H17N5O3. The Balaban J connectivity index is 1.53. The van der Waals surface area contributed by atoms with Crippen molar-refractivity contribution in [3.63, 3.8) is 0 Å². The molecule has 0 aliphatic carbocycles. The van der Waals surface area contributed by atoms with E-state index in [1.165, 1.54) is 0 Å². The number of aliphatic carboxylic acids is 1. The lowest BCUT2D eigenvalue weighted by molar-refractivity contribution is -0.142. The van der Waals surface area contributed by atoms with Gasteiger partial charge in [-0.25, -0.2) is 4.98 Å². The van der Waals surface area contributed by atoms with E-state index in [4.69, 9.17) is 9.63 Å². The summed E-state index contributed by atoms with van der Waals surface area (Å²) in [5.74, 6) is 0.682. The van der Waals surface area contributed by atoms with Crippen LogP contribution in [0.3, 0.4) is 0 Å². The van der Waals surface area contributed by atoms with Crippen LogP contribution in [0.2, 0.25) is 0 Å². The second kappa shape index (κ2) is 6.91. The largest absolute Gasteiger partial charge is 0.481 e. The summed E-state index contributed by atoms with van der Waals surface area (Å²) in [7, 11) is 0. The fourth-order valence-electron chi connectivity index (χ4n) is 3.03. The molecule has 0 bridgehead atoms. The van der Waals surface area contributed by atoms with Crippen molar-refractivity contribution in [1.82, 2.24) is 20.1 Å². The first kappa shape index (κ1) is 16.2. The maximum Gasteiger partial charge on any atom is 0.306 e. The monoisotopic (exact) mass is 351 g/mol. The minimum atomic E-state index is -0.722. The standard InChI is InChI=1S/C18H17N5O3/c24-18(25)12-4-8-23(9-5-12)15-10-13(3-7-20-15)17-21-16(22-26-17)14-2-1-6-19-11-14/h1-3,6-7,10-12H,4-5,8-9H2,(H,24,25). The van der Waals surface area contributed by atoms with Gasteiger partial charge in [0.15, 0.2) is 0 Å². The average molecular weight is 351 g/mol. The molecule has 0 atom stereocenters. The van der Waals surface area contributed by atoms with Crippen LogP contribution in [-0.4, -0.2) is 44.3 Å². The number of carboxylic acid groups (broad SMARTS) is 1. The number of rotatable bonds is 4. The predicted octanol–water partition coefficient (Wildman–Crippen LogP) is 2.49. The van der Waals surface area contributed by atoms with Gasteiger partial charge < -0.3 is 14.5 Å². The number of hydrogen-bond acceptors (Lipinski definition) is 7. The topological polar surface area (TPSA) is 105 Å². The molecule has 132 valence electrons. The molecule has 4 heterocycles. The number of hydrogen-bond donors (Lipinski definition) is 1. The van der Waals surface area contributed by atoms with E-state index in [1.807, 2.05) is 24.3 Å². The summed E-state index contributed by atoms with van der Waals surface area (Å²) in [5, 5.41) is 13.1. The first-order chi connectivity index (χ1) is 12.7. The van der Waals surface area contributed by atoms with Gasteiger partial charge in [0, 0.05) is 42.8 Å². The van der Waals surface area contributed by atoms with E-state index < -0.39 is 5.97 Å². The van der Waals surface area contributed by atoms with Gasteiger partial charge in [-0.2, -0.15) is 4.98 Å². The van der Waals surface area contributed by atoms with Gasteiger partial charge in [0.25, 0.3) is 5.89 Å². The number of pyridine rings is 2. The third-order valence-corrected chi connectivity index (χ3v) is 4.51. The molecule has 8 heteroatoms. The molecule has 1 aliphatic heterocycles. The third kappa shape index (κ3) is 3.26. The maximum atomic E-state index is 11.1. The van der Waals surface area contributed by atoms with E-state index in [0.29, 0.717) is 37.6 Å². The maximum absolute atomic E-state index is 11.1. The van der Waals surface area contributed by atoms with E-state index in [2.05, 4.69) is 25.0 Å². The number of nitrogens with zero attached hydrogens (tertiary/aromatic N) is 5. The molecule has 1 N–H and O–H groups in total. The first-order valence-corrected chi connectivity index (χ1v) is 8.39. The zero-order valence-electron chi connectivity index (χ0n) is 13.9. The quantitative estimate of drug-likeness (QED) is 0.764. The Labute approximate surface area is 149 Å². The number of aromatic nitrogens is 4. The van der Waals surface area contributed by atoms with Crippen molar-refractivity contribution in [2.75, 3.05) is 18.0 Å². The molecule has 0 amide bonds. The highest BCUT2D eigenvalue weighted by Gasteiger charge is 2.25. The van der Waals surface area contributed by atoms with Crippen molar-refractivity contribution < 1.29 is 14.4 Å². The molecule has 0 aromatic carbocycles. The fourth-order valence-corrected chi connectivity index (χ4v) is 3.03. The smallest absolute Gasteiger partial charge is 0.306 e. The minimum Gasteiger partial charge on any atom is -0.481 e. The Kier molecular flexibility index (Phi) is 4.30. The molecule has 1 saturated heterocycles. The van der Waals surface area contributed by atoms with E-state index in [-0.39, 0.29) is 5.92 Å². The summed E-state index contributed by atoms with van der Waals surface area (Å²) < 4.78 is 5.38. The van der Waals surface area contributed by atoms with Crippen molar-refractivity contribution in [2.24, 2.45) is 5.92 Å². The molecule has 0 unspecified atom stereocenters. The summed E-state index contributed by atoms with van der Waals surface area (Å²) in [5.41, 5.74) is 1.56. The molecule has 4 rings (SSSR count). The molecule has 1 fully saturated rings. The zero-order valence-corrected chi connectivity index (χ0v) is 13.9. The van der Waals surface area contributed by atoms with Crippen molar-refractivity contribution >= 4 is 11.8 Å². The zero-order chi connectivity index (χ0) is 17.9. The molecule has 0 radical (unpaired) electrons. The molecule has 8 nitrogen and oxygen atoms in total. The number of carboxylic acids is 1. The molecule has 0 spiro atoms. The van der Waals surface area contributed by atoms with Crippen LogP contribution in [0, 0.1) is 5.92 Å². The van der Waals surface area contributed by atoms with Gasteiger partial charge in [0.1, 0.15) is 5.82 Å².